The first-order valence-corrected chi connectivity index (χ1v) is 5.80. The maximum atomic E-state index is 11.9. The van der Waals surface area contributed by atoms with Crippen molar-refractivity contribution >= 4 is 22.5 Å². The first-order valence-electron chi connectivity index (χ1n) is 5.80. The molecule has 2 heterocycles. The molecule has 0 atom stereocenters. The maximum Gasteiger partial charge on any atom is 0.246 e. The van der Waals surface area contributed by atoms with Crippen LogP contribution in [0.15, 0.2) is 30.6 Å². The summed E-state index contributed by atoms with van der Waals surface area (Å²) in [5.41, 5.74) is 2.45. The van der Waals surface area contributed by atoms with Crippen molar-refractivity contribution in [3.05, 3.63) is 36.3 Å². The summed E-state index contributed by atoms with van der Waals surface area (Å²) in [4.78, 5) is 11.9. The SMILES string of the molecule is Cc1cnnn1CC(=O)Nc1ccc2cn[nH]c2c1. The van der Waals surface area contributed by atoms with E-state index >= 15 is 0 Å². The Balaban J connectivity index is 1.73. The van der Waals surface area contributed by atoms with Gasteiger partial charge in [-0.15, -0.1) is 5.10 Å². The van der Waals surface area contributed by atoms with E-state index < -0.39 is 0 Å². The zero-order valence-corrected chi connectivity index (χ0v) is 10.3. The van der Waals surface area contributed by atoms with E-state index in [1.807, 2.05) is 25.1 Å². The number of rotatable bonds is 3. The van der Waals surface area contributed by atoms with Gasteiger partial charge in [0.2, 0.25) is 5.91 Å². The number of aromatic nitrogens is 5. The van der Waals surface area contributed by atoms with E-state index in [1.165, 1.54) is 0 Å². The standard InChI is InChI=1S/C12H12N6O/c1-8-5-14-17-18(8)7-12(19)15-10-3-2-9-6-13-16-11(9)4-10/h2-6H,7H2,1H3,(H,13,16)(H,15,19). The van der Waals surface area contributed by atoms with E-state index in [0.717, 1.165) is 22.3 Å². The highest BCUT2D eigenvalue weighted by Crippen LogP contribution is 2.16. The van der Waals surface area contributed by atoms with Crippen molar-refractivity contribution in [3.63, 3.8) is 0 Å². The lowest BCUT2D eigenvalue weighted by atomic mass is 10.2. The van der Waals surface area contributed by atoms with Crippen LogP contribution >= 0.6 is 0 Å². The number of H-pyrrole nitrogens is 1. The number of hydrogen-bond acceptors (Lipinski definition) is 4. The Bertz CT molecular complexity index is 728. The lowest BCUT2D eigenvalue weighted by Gasteiger charge is -2.06. The molecule has 0 spiro atoms. The number of aryl methyl sites for hydroxylation is 1. The van der Waals surface area contributed by atoms with Crippen LogP contribution in [0, 0.1) is 6.92 Å². The van der Waals surface area contributed by atoms with Crippen LogP contribution in [0.2, 0.25) is 0 Å². The van der Waals surface area contributed by atoms with Crippen LogP contribution in [0.1, 0.15) is 5.69 Å². The molecule has 0 radical (unpaired) electrons. The second kappa shape index (κ2) is 4.52. The summed E-state index contributed by atoms with van der Waals surface area (Å²) in [6.07, 6.45) is 3.35. The van der Waals surface area contributed by atoms with Crippen LogP contribution in [-0.2, 0) is 11.3 Å². The molecule has 2 aromatic heterocycles. The first kappa shape index (κ1) is 11.4. The topological polar surface area (TPSA) is 88.5 Å². The quantitative estimate of drug-likeness (QED) is 0.734. The van der Waals surface area contributed by atoms with Crippen LogP contribution in [0.4, 0.5) is 5.69 Å². The van der Waals surface area contributed by atoms with Crippen LogP contribution in [0.3, 0.4) is 0 Å². The number of nitrogens with zero attached hydrogens (tertiary/aromatic N) is 4. The molecule has 3 aromatic rings. The Morgan fingerprint density at radius 2 is 2.32 bits per heavy atom. The predicted molar refractivity (Wildman–Crippen MR) is 69.5 cm³/mol. The lowest BCUT2D eigenvalue weighted by molar-refractivity contribution is -0.117. The number of amides is 1. The smallest absolute Gasteiger partial charge is 0.246 e. The summed E-state index contributed by atoms with van der Waals surface area (Å²) < 4.78 is 1.55. The Morgan fingerprint density at radius 1 is 1.42 bits per heavy atom. The average Bonchev–Trinajstić information content (AvgIpc) is 2.98. The van der Waals surface area contributed by atoms with Gasteiger partial charge in [0, 0.05) is 11.1 Å². The fourth-order valence-electron chi connectivity index (χ4n) is 1.82. The highest BCUT2D eigenvalue weighted by Gasteiger charge is 2.07. The second-order valence-electron chi connectivity index (χ2n) is 4.25. The molecule has 3 rings (SSSR count). The average molecular weight is 256 g/mol. The van der Waals surface area contributed by atoms with Gasteiger partial charge >= 0.3 is 0 Å². The minimum absolute atomic E-state index is 0.146. The van der Waals surface area contributed by atoms with Crippen molar-refractivity contribution in [1.29, 1.82) is 0 Å². The molecule has 1 aromatic carbocycles. The molecule has 96 valence electrons. The van der Waals surface area contributed by atoms with Crippen LogP contribution < -0.4 is 5.32 Å². The third kappa shape index (κ3) is 2.30. The summed E-state index contributed by atoms with van der Waals surface area (Å²) in [7, 11) is 0. The fourth-order valence-corrected chi connectivity index (χ4v) is 1.82. The largest absolute Gasteiger partial charge is 0.324 e. The summed E-state index contributed by atoms with van der Waals surface area (Å²) in [5.74, 6) is -0.146. The molecular weight excluding hydrogens is 244 g/mol. The van der Waals surface area contributed by atoms with Crippen molar-refractivity contribution in [2.45, 2.75) is 13.5 Å². The van der Waals surface area contributed by atoms with Gasteiger partial charge in [-0.2, -0.15) is 5.10 Å². The van der Waals surface area contributed by atoms with Crippen molar-refractivity contribution in [3.8, 4) is 0 Å². The minimum Gasteiger partial charge on any atom is -0.324 e. The van der Waals surface area contributed by atoms with E-state index in [-0.39, 0.29) is 12.5 Å². The first-order chi connectivity index (χ1) is 9.22. The van der Waals surface area contributed by atoms with E-state index in [0.29, 0.717) is 0 Å². The second-order valence-corrected chi connectivity index (χ2v) is 4.25. The minimum atomic E-state index is -0.146. The molecule has 0 bridgehead atoms. The summed E-state index contributed by atoms with van der Waals surface area (Å²) in [6.45, 7) is 2.00. The van der Waals surface area contributed by atoms with E-state index in [4.69, 9.17) is 0 Å². The Kier molecular flexibility index (Phi) is 2.71. The van der Waals surface area contributed by atoms with E-state index in [9.17, 15) is 4.79 Å². The van der Waals surface area contributed by atoms with Crippen LogP contribution in [-0.4, -0.2) is 31.1 Å². The molecule has 7 nitrogen and oxygen atoms in total. The van der Waals surface area contributed by atoms with Crippen LogP contribution in [0.25, 0.3) is 10.9 Å². The maximum absolute atomic E-state index is 11.9. The van der Waals surface area contributed by atoms with Crippen molar-refractivity contribution in [2.75, 3.05) is 5.32 Å². The van der Waals surface area contributed by atoms with Crippen molar-refractivity contribution in [2.24, 2.45) is 0 Å². The Morgan fingerprint density at radius 3 is 3.11 bits per heavy atom. The third-order valence-electron chi connectivity index (χ3n) is 2.83. The summed E-state index contributed by atoms with van der Waals surface area (Å²) in [5, 5.41) is 18.2. The highest BCUT2D eigenvalue weighted by molar-refractivity contribution is 5.93. The number of aromatic amines is 1. The number of benzene rings is 1. The van der Waals surface area contributed by atoms with Gasteiger partial charge in [0.15, 0.2) is 0 Å². The zero-order valence-electron chi connectivity index (χ0n) is 10.3. The number of nitrogens with one attached hydrogen (secondary N) is 2. The van der Waals surface area contributed by atoms with E-state index in [2.05, 4.69) is 25.8 Å². The zero-order chi connectivity index (χ0) is 13.2. The Labute approximate surface area is 108 Å². The van der Waals surface area contributed by atoms with Gasteiger partial charge in [0.1, 0.15) is 6.54 Å². The van der Waals surface area contributed by atoms with Gasteiger partial charge in [0.25, 0.3) is 0 Å². The summed E-state index contributed by atoms with van der Waals surface area (Å²) in [6, 6.07) is 5.58. The number of anilines is 1. The number of fused-ring (bicyclic) bond motifs is 1. The molecule has 19 heavy (non-hydrogen) atoms. The predicted octanol–water partition coefficient (Wildman–Crippen LogP) is 1.10. The molecule has 0 saturated carbocycles. The molecule has 0 saturated heterocycles. The molecule has 0 aliphatic heterocycles. The molecule has 0 aliphatic carbocycles. The normalized spacial score (nSPS) is 10.8. The van der Waals surface area contributed by atoms with Gasteiger partial charge < -0.3 is 5.32 Å². The monoisotopic (exact) mass is 256 g/mol. The van der Waals surface area contributed by atoms with E-state index in [1.54, 1.807) is 17.1 Å². The Hall–Kier alpha value is -2.70. The fraction of sp³-hybridized carbons (Fsp3) is 0.167. The molecule has 0 unspecified atom stereocenters. The molecule has 0 aliphatic rings. The van der Waals surface area contributed by atoms with Gasteiger partial charge in [-0.25, -0.2) is 4.68 Å². The number of carbonyl (C=O) groups excluding carboxylic acids is 1. The highest BCUT2D eigenvalue weighted by atomic mass is 16.2. The van der Waals surface area contributed by atoms with Gasteiger partial charge in [-0.3, -0.25) is 9.89 Å². The summed E-state index contributed by atoms with van der Waals surface area (Å²) >= 11 is 0. The molecule has 7 heteroatoms. The number of carbonyl (C=O) groups is 1. The van der Waals surface area contributed by atoms with Crippen molar-refractivity contribution in [1.82, 2.24) is 25.2 Å². The van der Waals surface area contributed by atoms with Gasteiger partial charge in [0.05, 0.1) is 23.6 Å². The molecule has 0 fully saturated rings. The van der Waals surface area contributed by atoms with Gasteiger partial charge in [-0.1, -0.05) is 5.21 Å². The number of hydrogen-bond donors (Lipinski definition) is 2. The van der Waals surface area contributed by atoms with Crippen LogP contribution in [0.5, 0.6) is 0 Å². The molecule has 2 N–H and O–H groups in total. The van der Waals surface area contributed by atoms with Crippen molar-refractivity contribution < 1.29 is 4.79 Å². The molecular formula is C12H12N6O. The van der Waals surface area contributed by atoms with Gasteiger partial charge in [-0.05, 0) is 25.1 Å². The third-order valence-corrected chi connectivity index (χ3v) is 2.83. The molecule has 1 amide bonds. The lowest BCUT2D eigenvalue weighted by Crippen LogP contribution is -2.20.